The van der Waals surface area contributed by atoms with E-state index in [-0.39, 0.29) is 24.2 Å². The van der Waals surface area contributed by atoms with Crippen LogP contribution in [0.15, 0.2) is 42.5 Å². The lowest BCUT2D eigenvalue weighted by Crippen LogP contribution is -2.54. The van der Waals surface area contributed by atoms with E-state index in [4.69, 9.17) is 9.47 Å². The van der Waals surface area contributed by atoms with Gasteiger partial charge in [-0.3, -0.25) is 19.4 Å². The number of amides is 2. The first-order valence-corrected chi connectivity index (χ1v) is 18.1. The predicted octanol–water partition coefficient (Wildman–Crippen LogP) is 6.89. The average molecular weight is 641 g/mol. The summed E-state index contributed by atoms with van der Waals surface area (Å²) in [5, 5.41) is 3.46. The van der Waals surface area contributed by atoms with Gasteiger partial charge in [0.25, 0.3) is 0 Å². The fourth-order valence-corrected chi connectivity index (χ4v) is 7.71. The first-order chi connectivity index (χ1) is 21.5. The summed E-state index contributed by atoms with van der Waals surface area (Å²) in [6, 6.07) is 12.4. The van der Waals surface area contributed by atoms with Crippen molar-refractivity contribution in [2.75, 3.05) is 47.6 Å². The number of anilines is 3. The lowest BCUT2D eigenvalue weighted by atomic mass is 9.70. The van der Waals surface area contributed by atoms with Gasteiger partial charge in [-0.2, -0.15) is 0 Å². The molecule has 45 heavy (non-hydrogen) atoms. The molecule has 2 heterocycles. The molecule has 1 unspecified atom stereocenters. The highest BCUT2D eigenvalue weighted by atomic mass is 32.2. The summed E-state index contributed by atoms with van der Waals surface area (Å²) < 4.78 is 36.5. The molecule has 1 saturated carbocycles. The molecule has 2 amide bonds. The largest absolute Gasteiger partial charge is 0.452 e. The third-order valence-electron chi connectivity index (χ3n) is 9.87. The van der Waals surface area contributed by atoms with Crippen LogP contribution in [-0.2, 0) is 19.5 Å². The Hall–Kier alpha value is -3.31. The van der Waals surface area contributed by atoms with Crippen molar-refractivity contribution in [2.45, 2.75) is 89.8 Å². The van der Waals surface area contributed by atoms with Crippen molar-refractivity contribution in [3.05, 3.63) is 42.5 Å². The smallest absolute Gasteiger partial charge is 0.416 e. The number of nitrogens with zero attached hydrogens (tertiary/aromatic N) is 3. The number of nitrogens with one attached hydrogen (secondary N) is 1. The zero-order valence-electron chi connectivity index (χ0n) is 27.1. The minimum Gasteiger partial charge on any atom is -0.452 e. The Morgan fingerprint density at radius 2 is 1.51 bits per heavy atom. The molecule has 1 aliphatic carbocycles. The Balaban J connectivity index is 1.40. The van der Waals surface area contributed by atoms with Gasteiger partial charge < -0.3 is 9.47 Å². The van der Waals surface area contributed by atoms with E-state index in [1.165, 1.54) is 76.3 Å². The highest BCUT2D eigenvalue weighted by Crippen LogP contribution is 2.44. The van der Waals surface area contributed by atoms with Gasteiger partial charge in [0, 0.05) is 13.5 Å². The lowest BCUT2D eigenvalue weighted by molar-refractivity contribution is 0.00511. The fraction of sp³-hybridized carbons (Fsp3) is 0.588. The lowest BCUT2D eigenvalue weighted by Gasteiger charge is -2.43. The van der Waals surface area contributed by atoms with Crippen LogP contribution in [-0.4, -0.2) is 66.4 Å². The number of hydrogen-bond acceptors (Lipinski definition) is 7. The molecular formula is C34H48N4O6S. The van der Waals surface area contributed by atoms with Crippen LogP contribution in [0.2, 0.25) is 0 Å². The summed E-state index contributed by atoms with van der Waals surface area (Å²) in [4.78, 5) is 30.0. The molecule has 2 aliphatic heterocycles. The van der Waals surface area contributed by atoms with Crippen molar-refractivity contribution in [3.8, 4) is 11.1 Å². The Kier molecular flexibility index (Phi) is 10.3. The Labute approximate surface area is 268 Å². The maximum Gasteiger partial charge on any atom is 0.416 e. The molecule has 3 aliphatic rings. The van der Waals surface area contributed by atoms with Crippen LogP contribution in [0.1, 0.15) is 77.6 Å². The van der Waals surface area contributed by atoms with Crippen LogP contribution in [0.5, 0.6) is 0 Å². The van der Waals surface area contributed by atoms with E-state index in [0.29, 0.717) is 17.1 Å². The van der Waals surface area contributed by atoms with Crippen LogP contribution in [0.25, 0.3) is 11.1 Å². The fourth-order valence-electron chi connectivity index (χ4n) is 7.21. The molecule has 2 aromatic carbocycles. The molecule has 11 heteroatoms. The second-order valence-electron chi connectivity index (χ2n) is 13.0. The molecular weight excluding hydrogens is 592 g/mol. The molecule has 5 rings (SSSR count). The summed E-state index contributed by atoms with van der Waals surface area (Å²) in [5.41, 5.74) is 3.52. The summed E-state index contributed by atoms with van der Waals surface area (Å²) in [6.07, 6.45) is 13.1. The van der Waals surface area contributed by atoms with Crippen LogP contribution in [0.3, 0.4) is 0 Å². The van der Waals surface area contributed by atoms with Gasteiger partial charge >= 0.3 is 12.2 Å². The Morgan fingerprint density at radius 1 is 0.889 bits per heavy atom. The maximum absolute atomic E-state index is 13.9. The number of rotatable bonds is 4. The number of hydrogen-bond donors (Lipinski definition) is 1. The average Bonchev–Trinajstić information content (AvgIpc) is 3.02. The van der Waals surface area contributed by atoms with Crippen LogP contribution in [0.4, 0.5) is 26.7 Å². The molecule has 246 valence electrons. The maximum atomic E-state index is 13.9. The molecule has 2 fully saturated rings. The standard InChI is InChI=1S/C34H48N4O6S/c1-25-24-37(32(39)44-31-23-34(20-21-35-31)18-10-8-6-5-7-9-11-19-34)30-22-27(14-17-29(30)38(25)33(40)43-3)26-12-15-28(16-13-26)36(2)45(4,41)42/h12-17,22,25,31,35H,5-11,18-21,23-24H2,1-4H3/t25-,31?/m0/s1. The van der Waals surface area contributed by atoms with E-state index in [1.807, 2.05) is 37.3 Å². The zero-order valence-corrected chi connectivity index (χ0v) is 27.9. The van der Waals surface area contributed by atoms with Gasteiger partial charge in [-0.1, -0.05) is 63.1 Å². The third-order valence-corrected chi connectivity index (χ3v) is 11.1. The van der Waals surface area contributed by atoms with Crippen molar-refractivity contribution in [1.29, 1.82) is 0 Å². The molecule has 1 N–H and O–H groups in total. The van der Waals surface area contributed by atoms with E-state index >= 15 is 0 Å². The van der Waals surface area contributed by atoms with E-state index < -0.39 is 22.2 Å². The van der Waals surface area contributed by atoms with Crippen LogP contribution < -0.4 is 19.4 Å². The van der Waals surface area contributed by atoms with Crippen molar-refractivity contribution in [1.82, 2.24) is 5.32 Å². The highest BCUT2D eigenvalue weighted by Gasteiger charge is 2.40. The quantitative estimate of drug-likeness (QED) is 0.388. The van der Waals surface area contributed by atoms with Gasteiger partial charge in [-0.25, -0.2) is 18.0 Å². The first kappa shape index (κ1) is 33.1. The molecule has 2 aromatic rings. The topological polar surface area (TPSA) is 108 Å². The normalized spacial score (nSPS) is 22.3. The first-order valence-electron chi connectivity index (χ1n) is 16.3. The molecule has 10 nitrogen and oxygen atoms in total. The summed E-state index contributed by atoms with van der Waals surface area (Å²) in [7, 11) is -0.530. The molecule has 1 spiro atoms. The number of sulfonamides is 1. The number of carbonyl (C=O) groups excluding carboxylic acids is 2. The van der Waals surface area contributed by atoms with Crippen LogP contribution in [0, 0.1) is 5.41 Å². The van der Waals surface area contributed by atoms with Crippen molar-refractivity contribution in [2.24, 2.45) is 5.41 Å². The summed E-state index contributed by atoms with van der Waals surface area (Å²) in [6.45, 7) is 2.97. The monoisotopic (exact) mass is 640 g/mol. The predicted molar refractivity (Wildman–Crippen MR) is 178 cm³/mol. The Bertz CT molecular complexity index is 1450. The summed E-state index contributed by atoms with van der Waals surface area (Å²) in [5.74, 6) is 0. The zero-order chi connectivity index (χ0) is 32.2. The molecule has 0 bridgehead atoms. The SMILES string of the molecule is COC(=O)N1c2ccc(-c3ccc(N(C)S(C)(=O)=O)cc3)cc2N(C(=O)OC2CC3(CCCCCCCCC3)CCN2)C[C@@H]1C. The Morgan fingerprint density at radius 3 is 2.13 bits per heavy atom. The minimum atomic E-state index is -3.39. The number of benzene rings is 2. The van der Waals surface area contributed by atoms with Gasteiger partial charge in [0.1, 0.15) is 0 Å². The second-order valence-corrected chi connectivity index (χ2v) is 15.0. The van der Waals surface area contributed by atoms with Crippen molar-refractivity contribution in [3.63, 3.8) is 0 Å². The second kappa shape index (κ2) is 14.0. The molecule has 1 saturated heterocycles. The molecule has 2 atom stereocenters. The molecule has 0 radical (unpaired) electrons. The highest BCUT2D eigenvalue weighted by molar-refractivity contribution is 7.92. The number of ether oxygens (including phenoxy) is 2. The summed E-state index contributed by atoms with van der Waals surface area (Å²) >= 11 is 0. The van der Waals surface area contributed by atoms with E-state index in [0.717, 1.165) is 36.8 Å². The molecule has 0 aromatic heterocycles. The third kappa shape index (κ3) is 7.57. The van der Waals surface area contributed by atoms with E-state index in [9.17, 15) is 18.0 Å². The van der Waals surface area contributed by atoms with E-state index in [2.05, 4.69) is 5.32 Å². The van der Waals surface area contributed by atoms with Gasteiger partial charge in [0.2, 0.25) is 10.0 Å². The van der Waals surface area contributed by atoms with Gasteiger partial charge in [-0.05, 0) is 73.5 Å². The number of fused-ring (bicyclic) bond motifs is 1. The van der Waals surface area contributed by atoms with E-state index in [1.54, 1.807) is 21.9 Å². The van der Waals surface area contributed by atoms with Gasteiger partial charge in [0.05, 0.1) is 43.0 Å². The van der Waals surface area contributed by atoms with Gasteiger partial charge in [-0.15, -0.1) is 0 Å². The number of carbonyl (C=O) groups is 2. The van der Waals surface area contributed by atoms with Crippen LogP contribution >= 0.6 is 0 Å². The van der Waals surface area contributed by atoms with Crippen molar-refractivity contribution >= 4 is 39.3 Å². The van der Waals surface area contributed by atoms with Crippen molar-refractivity contribution < 1.29 is 27.5 Å². The number of piperidine rings is 1. The number of methoxy groups -OCH3 is 1. The minimum absolute atomic E-state index is 0.201. The van der Waals surface area contributed by atoms with Gasteiger partial charge in [0.15, 0.2) is 6.23 Å².